The first-order valence-electron chi connectivity index (χ1n) is 11.8. The Balaban J connectivity index is 0.000000302. The number of hydrogen-bond acceptors (Lipinski definition) is 4. The molecule has 5 nitrogen and oxygen atoms in total. The summed E-state index contributed by atoms with van der Waals surface area (Å²) >= 11 is 0. The van der Waals surface area contributed by atoms with E-state index in [0.717, 1.165) is 28.2 Å². The van der Waals surface area contributed by atoms with Gasteiger partial charge in [0.05, 0.1) is 11.4 Å². The largest absolute Gasteiger partial charge is 0.326 e. The van der Waals surface area contributed by atoms with Crippen LogP contribution in [0.15, 0.2) is 31.0 Å². The van der Waals surface area contributed by atoms with Gasteiger partial charge in [0.2, 0.25) is 5.78 Å². The van der Waals surface area contributed by atoms with Gasteiger partial charge in [-0.05, 0) is 65.4 Å². The van der Waals surface area contributed by atoms with Gasteiger partial charge in [-0.2, -0.15) is 0 Å². The van der Waals surface area contributed by atoms with Crippen LogP contribution in [-0.2, 0) is 6.54 Å². The van der Waals surface area contributed by atoms with Crippen LogP contribution in [0.5, 0.6) is 0 Å². The summed E-state index contributed by atoms with van der Waals surface area (Å²) in [6.07, 6.45) is 9.22. The molecule has 0 atom stereocenters. The normalized spacial score (nSPS) is 13.7. The minimum atomic E-state index is 0.443. The predicted octanol–water partition coefficient (Wildman–Crippen LogP) is 5.94. The number of hydrogen-bond donors (Lipinski definition) is 1. The molecule has 0 unspecified atom stereocenters. The van der Waals surface area contributed by atoms with Crippen LogP contribution < -0.4 is 5.73 Å². The molecule has 2 N–H and O–H groups in total. The molecule has 0 bridgehead atoms. The molecule has 1 saturated heterocycles. The summed E-state index contributed by atoms with van der Waals surface area (Å²) in [4.78, 5) is 11.5. The van der Waals surface area contributed by atoms with Crippen molar-refractivity contribution in [3.8, 4) is 11.3 Å². The van der Waals surface area contributed by atoms with Crippen molar-refractivity contribution in [2.45, 2.75) is 66.8 Å². The SMILES string of the molecule is C=Cc1cn2c(-c3ccc(C)cc3C)c(CN)c(C)nc2n1.CCC.CN1CCCCC1. The standard InChI is InChI=1S/C18H20N4.C6H13N.C3H8/c1-5-14-10-22-17(15-7-6-11(2)8-12(15)3)16(9-19)13(4)20-18(22)21-14;1-7-5-3-2-4-6-7;1-3-2/h5-8,10H,1,9,19H2,2-4H3;2-6H2,1H3;3H2,1-2H3. The Morgan fingerprint density at radius 1 is 1.06 bits per heavy atom. The molecule has 1 fully saturated rings. The highest BCUT2D eigenvalue weighted by atomic mass is 15.1. The molecule has 1 aliphatic rings. The molecule has 2 aromatic heterocycles. The van der Waals surface area contributed by atoms with Gasteiger partial charge in [-0.25, -0.2) is 9.97 Å². The fourth-order valence-electron chi connectivity index (χ4n) is 3.93. The maximum atomic E-state index is 6.01. The van der Waals surface area contributed by atoms with Crippen LogP contribution in [0.2, 0.25) is 0 Å². The summed E-state index contributed by atoms with van der Waals surface area (Å²) in [5.74, 6) is 0.680. The number of benzene rings is 1. The van der Waals surface area contributed by atoms with E-state index in [1.165, 1.54) is 49.9 Å². The molecule has 0 aliphatic carbocycles. The second kappa shape index (κ2) is 12.5. The average Bonchev–Trinajstić information content (AvgIpc) is 3.17. The number of fused-ring (bicyclic) bond motifs is 1. The molecule has 0 spiro atoms. The lowest BCUT2D eigenvalue weighted by Gasteiger charge is -2.20. The van der Waals surface area contributed by atoms with E-state index in [-0.39, 0.29) is 0 Å². The lowest BCUT2D eigenvalue weighted by molar-refractivity contribution is 0.277. The third-order valence-corrected chi connectivity index (χ3v) is 5.57. The summed E-state index contributed by atoms with van der Waals surface area (Å²) in [5.41, 5.74) is 13.5. The highest BCUT2D eigenvalue weighted by Gasteiger charge is 2.16. The Kier molecular flexibility index (Phi) is 10.1. The molecular formula is C27H41N5. The van der Waals surface area contributed by atoms with Crippen LogP contribution in [0, 0.1) is 20.8 Å². The summed E-state index contributed by atoms with van der Waals surface area (Å²) in [7, 11) is 2.19. The zero-order chi connectivity index (χ0) is 23.7. The average molecular weight is 436 g/mol. The van der Waals surface area contributed by atoms with Crippen molar-refractivity contribution in [3.63, 3.8) is 0 Å². The fraction of sp³-hybridized carbons (Fsp3) is 0.481. The molecule has 0 radical (unpaired) electrons. The Morgan fingerprint density at radius 2 is 1.72 bits per heavy atom. The van der Waals surface area contributed by atoms with Crippen LogP contribution in [0.4, 0.5) is 0 Å². The van der Waals surface area contributed by atoms with Crippen molar-refractivity contribution >= 4 is 11.9 Å². The number of piperidine rings is 1. The lowest BCUT2D eigenvalue weighted by atomic mass is 9.98. The van der Waals surface area contributed by atoms with Crippen molar-refractivity contribution in [3.05, 3.63) is 59.1 Å². The zero-order valence-corrected chi connectivity index (χ0v) is 20.9. The molecule has 174 valence electrons. The number of likely N-dealkylation sites (tertiary alicyclic amines) is 1. The van der Waals surface area contributed by atoms with Crippen molar-refractivity contribution < 1.29 is 0 Å². The second-order valence-corrected chi connectivity index (χ2v) is 8.66. The molecule has 0 amide bonds. The van der Waals surface area contributed by atoms with Gasteiger partial charge in [-0.1, -0.05) is 57.0 Å². The number of aromatic nitrogens is 3. The number of imidazole rings is 1. The van der Waals surface area contributed by atoms with Gasteiger partial charge in [0.15, 0.2) is 0 Å². The maximum Gasteiger partial charge on any atom is 0.235 e. The highest BCUT2D eigenvalue weighted by molar-refractivity contribution is 5.71. The van der Waals surface area contributed by atoms with Crippen molar-refractivity contribution in [1.29, 1.82) is 0 Å². The Labute approximate surface area is 194 Å². The van der Waals surface area contributed by atoms with E-state index in [2.05, 4.69) is 74.4 Å². The quantitative estimate of drug-likeness (QED) is 0.553. The first kappa shape index (κ1) is 25.8. The number of nitrogens with two attached hydrogens (primary N) is 1. The highest BCUT2D eigenvalue weighted by Crippen LogP contribution is 2.30. The monoisotopic (exact) mass is 435 g/mol. The van der Waals surface area contributed by atoms with Crippen LogP contribution in [0.25, 0.3) is 23.1 Å². The molecule has 4 rings (SSSR count). The Morgan fingerprint density at radius 3 is 2.22 bits per heavy atom. The minimum absolute atomic E-state index is 0.443. The number of rotatable bonds is 3. The maximum absolute atomic E-state index is 6.01. The lowest BCUT2D eigenvalue weighted by Crippen LogP contribution is -2.24. The summed E-state index contributed by atoms with van der Waals surface area (Å²) in [6.45, 7) is 17.3. The fourth-order valence-corrected chi connectivity index (χ4v) is 3.93. The molecule has 5 heteroatoms. The van der Waals surface area contributed by atoms with E-state index in [1.807, 2.05) is 17.5 Å². The van der Waals surface area contributed by atoms with Crippen LogP contribution in [0.3, 0.4) is 0 Å². The Bertz CT molecular complexity index is 1010. The van der Waals surface area contributed by atoms with Crippen molar-refractivity contribution in [2.24, 2.45) is 5.73 Å². The topological polar surface area (TPSA) is 59.5 Å². The number of aryl methyl sites for hydroxylation is 3. The van der Waals surface area contributed by atoms with Crippen LogP contribution in [0.1, 0.15) is 67.6 Å². The van der Waals surface area contributed by atoms with E-state index < -0.39 is 0 Å². The first-order valence-corrected chi connectivity index (χ1v) is 11.8. The molecule has 3 heterocycles. The van der Waals surface area contributed by atoms with Gasteiger partial charge in [0, 0.05) is 29.6 Å². The van der Waals surface area contributed by atoms with Gasteiger partial charge in [0.1, 0.15) is 0 Å². The minimum Gasteiger partial charge on any atom is -0.326 e. The molecule has 0 saturated carbocycles. The molecule has 1 aromatic carbocycles. The summed E-state index contributed by atoms with van der Waals surface area (Å²) in [5, 5.41) is 0. The van der Waals surface area contributed by atoms with E-state index >= 15 is 0 Å². The van der Waals surface area contributed by atoms with E-state index in [4.69, 9.17) is 5.73 Å². The van der Waals surface area contributed by atoms with Gasteiger partial charge in [0.25, 0.3) is 0 Å². The summed E-state index contributed by atoms with van der Waals surface area (Å²) in [6, 6.07) is 6.45. The molecule has 1 aliphatic heterocycles. The first-order chi connectivity index (χ1) is 15.4. The van der Waals surface area contributed by atoms with E-state index in [1.54, 1.807) is 6.08 Å². The molecular weight excluding hydrogens is 394 g/mol. The van der Waals surface area contributed by atoms with Gasteiger partial charge in [-0.15, -0.1) is 0 Å². The predicted molar refractivity (Wildman–Crippen MR) is 138 cm³/mol. The molecule has 3 aromatic rings. The van der Waals surface area contributed by atoms with Crippen LogP contribution in [-0.4, -0.2) is 39.4 Å². The Hall–Kier alpha value is -2.50. The zero-order valence-electron chi connectivity index (χ0n) is 20.9. The van der Waals surface area contributed by atoms with Gasteiger partial charge >= 0.3 is 0 Å². The smallest absolute Gasteiger partial charge is 0.235 e. The summed E-state index contributed by atoms with van der Waals surface area (Å²) < 4.78 is 2.02. The van der Waals surface area contributed by atoms with Gasteiger partial charge < -0.3 is 10.6 Å². The second-order valence-electron chi connectivity index (χ2n) is 8.66. The van der Waals surface area contributed by atoms with Gasteiger partial charge in [-0.3, -0.25) is 4.40 Å². The van der Waals surface area contributed by atoms with Crippen LogP contribution >= 0.6 is 0 Å². The molecule has 32 heavy (non-hydrogen) atoms. The van der Waals surface area contributed by atoms with E-state index in [9.17, 15) is 0 Å². The third-order valence-electron chi connectivity index (χ3n) is 5.57. The van der Waals surface area contributed by atoms with E-state index in [0.29, 0.717) is 12.3 Å². The van der Waals surface area contributed by atoms with Crippen molar-refractivity contribution in [2.75, 3.05) is 20.1 Å². The third kappa shape index (κ3) is 6.50. The number of nitrogens with zero attached hydrogens (tertiary/aromatic N) is 4. The van der Waals surface area contributed by atoms with Crippen molar-refractivity contribution in [1.82, 2.24) is 19.3 Å².